The summed E-state index contributed by atoms with van der Waals surface area (Å²) >= 11 is 6.13. The summed E-state index contributed by atoms with van der Waals surface area (Å²) in [4.78, 5) is 21.7. The predicted molar refractivity (Wildman–Crippen MR) is 92.6 cm³/mol. The van der Waals surface area contributed by atoms with Crippen LogP contribution in [0.3, 0.4) is 0 Å². The number of nitrogens with zero attached hydrogens (tertiary/aromatic N) is 1. The number of fused-ring (bicyclic) bond motifs is 1. The molecule has 0 aliphatic heterocycles. The van der Waals surface area contributed by atoms with Gasteiger partial charge in [0.1, 0.15) is 5.58 Å². The molecule has 6 nitrogen and oxygen atoms in total. The number of benzene rings is 2. The Morgan fingerprint density at radius 2 is 2.04 bits per heavy atom. The van der Waals surface area contributed by atoms with Crippen LogP contribution in [-0.4, -0.2) is 4.92 Å². The van der Waals surface area contributed by atoms with E-state index in [1.54, 1.807) is 19.1 Å². The second kappa shape index (κ2) is 6.52. The lowest BCUT2D eigenvalue weighted by Gasteiger charge is -2.10. The van der Waals surface area contributed by atoms with Crippen LogP contribution >= 0.6 is 11.6 Å². The van der Waals surface area contributed by atoms with Crippen LogP contribution in [0, 0.1) is 22.9 Å². The lowest BCUT2D eigenvalue weighted by molar-refractivity contribution is -0.387. The molecule has 0 atom stereocenters. The number of rotatable bonds is 4. The molecule has 0 saturated heterocycles. The topological polar surface area (TPSA) is 85.4 Å². The zero-order valence-corrected chi connectivity index (χ0v) is 13.8. The lowest BCUT2D eigenvalue weighted by Crippen LogP contribution is -2.06. The smallest absolute Gasteiger partial charge is 0.336 e. The summed E-state index contributed by atoms with van der Waals surface area (Å²) in [6.45, 7) is 1.98. The Balaban J connectivity index is 1.96. The Morgan fingerprint density at radius 1 is 1.28 bits per heavy atom. The van der Waals surface area contributed by atoms with Crippen LogP contribution in [0.1, 0.15) is 11.1 Å². The summed E-state index contributed by atoms with van der Waals surface area (Å²) < 4.78 is 18.6. The molecule has 1 aromatic heterocycles. The van der Waals surface area contributed by atoms with Crippen molar-refractivity contribution < 1.29 is 13.7 Å². The maximum atomic E-state index is 13.4. The third-order valence-electron chi connectivity index (χ3n) is 3.74. The first-order valence-electron chi connectivity index (χ1n) is 7.26. The van der Waals surface area contributed by atoms with E-state index in [1.807, 2.05) is 0 Å². The van der Waals surface area contributed by atoms with Gasteiger partial charge in [-0.15, -0.1) is 0 Å². The molecule has 2 aromatic carbocycles. The van der Waals surface area contributed by atoms with E-state index >= 15 is 0 Å². The highest BCUT2D eigenvalue weighted by atomic mass is 35.5. The fraction of sp³-hybridized carbons (Fsp3) is 0.118. The van der Waals surface area contributed by atoms with Crippen LogP contribution in [0.2, 0.25) is 5.02 Å². The highest BCUT2D eigenvalue weighted by Gasteiger charge is 2.15. The zero-order chi connectivity index (χ0) is 18.1. The van der Waals surface area contributed by atoms with E-state index in [9.17, 15) is 19.3 Å². The summed E-state index contributed by atoms with van der Waals surface area (Å²) in [6.07, 6.45) is 0. The Hall–Kier alpha value is -2.93. The van der Waals surface area contributed by atoms with Gasteiger partial charge in [-0.3, -0.25) is 10.1 Å². The normalized spacial score (nSPS) is 10.8. The number of nitro groups is 1. The number of nitro benzene ring substituents is 1. The van der Waals surface area contributed by atoms with Crippen LogP contribution in [0.25, 0.3) is 11.0 Å². The van der Waals surface area contributed by atoms with E-state index in [4.69, 9.17) is 16.0 Å². The summed E-state index contributed by atoms with van der Waals surface area (Å²) in [6, 6.07) is 8.18. The molecular weight excluding hydrogens is 351 g/mol. The van der Waals surface area contributed by atoms with Crippen molar-refractivity contribution in [2.75, 3.05) is 5.32 Å². The van der Waals surface area contributed by atoms with Gasteiger partial charge in [0.05, 0.1) is 4.92 Å². The molecule has 0 unspecified atom stereocenters. The molecule has 3 rings (SSSR count). The number of hydrogen-bond donors (Lipinski definition) is 1. The summed E-state index contributed by atoms with van der Waals surface area (Å²) in [5, 5.41) is 14.9. The molecule has 0 radical (unpaired) electrons. The van der Waals surface area contributed by atoms with Crippen LogP contribution in [0.4, 0.5) is 15.8 Å². The molecule has 25 heavy (non-hydrogen) atoms. The monoisotopic (exact) mass is 362 g/mol. The van der Waals surface area contributed by atoms with Gasteiger partial charge in [0.2, 0.25) is 5.82 Å². The van der Waals surface area contributed by atoms with Crippen molar-refractivity contribution in [3.63, 3.8) is 0 Å². The van der Waals surface area contributed by atoms with Gasteiger partial charge in [-0.05, 0) is 42.3 Å². The maximum Gasteiger partial charge on any atom is 0.336 e. The molecule has 0 spiro atoms. The number of nitrogens with one attached hydrogen (secondary N) is 1. The maximum absolute atomic E-state index is 13.4. The van der Waals surface area contributed by atoms with E-state index in [0.717, 1.165) is 17.7 Å². The van der Waals surface area contributed by atoms with Gasteiger partial charge >= 0.3 is 11.3 Å². The summed E-state index contributed by atoms with van der Waals surface area (Å²) in [5.41, 5.74) is 0.998. The van der Waals surface area contributed by atoms with Gasteiger partial charge in [-0.25, -0.2) is 4.79 Å². The fourth-order valence-corrected chi connectivity index (χ4v) is 2.62. The number of hydrogen-bond acceptors (Lipinski definition) is 5. The lowest BCUT2D eigenvalue weighted by atomic mass is 10.1. The van der Waals surface area contributed by atoms with Gasteiger partial charge in [0.15, 0.2) is 0 Å². The highest BCUT2D eigenvalue weighted by molar-refractivity contribution is 6.32. The third kappa shape index (κ3) is 3.46. The molecular formula is C17H12ClFN2O4. The van der Waals surface area contributed by atoms with E-state index in [0.29, 0.717) is 27.2 Å². The molecule has 1 heterocycles. The molecule has 0 saturated carbocycles. The van der Waals surface area contributed by atoms with E-state index in [2.05, 4.69) is 5.32 Å². The average molecular weight is 363 g/mol. The summed E-state index contributed by atoms with van der Waals surface area (Å²) in [7, 11) is 0. The molecule has 0 amide bonds. The Labute approximate surface area is 146 Å². The molecule has 0 fully saturated rings. The van der Waals surface area contributed by atoms with Crippen LogP contribution in [0.5, 0.6) is 0 Å². The van der Waals surface area contributed by atoms with Crippen molar-refractivity contribution in [1.82, 2.24) is 0 Å². The summed E-state index contributed by atoms with van der Waals surface area (Å²) in [5.74, 6) is -0.913. The Kier molecular flexibility index (Phi) is 4.41. The Morgan fingerprint density at radius 3 is 2.76 bits per heavy atom. The molecule has 0 aliphatic rings. The molecule has 3 aromatic rings. The van der Waals surface area contributed by atoms with Crippen molar-refractivity contribution in [3.8, 4) is 0 Å². The second-order valence-corrected chi connectivity index (χ2v) is 5.87. The van der Waals surface area contributed by atoms with Gasteiger partial charge < -0.3 is 9.73 Å². The molecule has 0 bridgehead atoms. The van der Waals surface area contributed by atoms with Crippen molar-refractivity contribution in [2.45, 2.75) is 13.5 Å². The Bertz CT molecular complexity index is 1050. The van der Waals surface area contributed by atoms with E-state index in [1.165, 1.54) is 12.1 Å². The van der Waals surface area contributed by atoms with Crippen LogP contribution in [0.15, 0.2) is 45.6 Å². The first-order valence-corrected chi connectivity index (χ1v) is 7.63. The fourth-order valence-electron chi connectivity index (χ4n) is 2.45. The van der Waals surface area contributed by atoms with Gasteiger partial charge in [-0.1, -0.05) is 11.6 Å². The molecule has 1 N–H and O–H groups in total. The first-order chi connectivity index (χ1) is 11.8. The minimum atomic E-state index is -0.913. The molecule has 8 heteroatoms. The largest absolute Gasteiger partial charge is 0.423 e. The van der Waals surface area contributed by atoms with Crippen molar-refractivity contribution in [1.29, 1.82) is 0 Å². The van der Waals surface area contributed by atoms with E-state index < -0.39 is 22.1 Å². The minimum Gasteiger partial charge on any atom is -0.423 e. The van der Waals surface area contributed by atoms with Crippen LogP contribution < -0.4 is 10.9 Å². The minimum absolute atomic E-state index is 0.185. The second-order valence-electron chi connectivity index (χ2n) is 5.47. The number of halogens is 2. The van der Waals surface area contributed by atoms with Crippen molar-refractivity contribution in [2.24, 2.45) is 0 Å². The van der Waals surface area contributed by atoms with Crippen LogP contribution in [-0.2, 0) is 6.54 Å². The quantitative estimate of drug-likeness (QED) is 0.422. The van der Waals surface area contributed by atoms with Gasteiger partial charge in [0, 0.05) is 34.8 Å². The zero-order valence-electron chi connectivity index (χ0n) is 13.0. The standard InChI is InChI=1S/C17H12ClFN2O4/c1-9-4-16-12(7-13(9)18)10(5-17(22)25-16)8-20-11-2-3-14(19)15(6-11)21(23)24/h2-7,20H,8H2,1H3. The molecule has 128 valence electrons. The SMILES string of the molecule is Cc1cc2oc(=O)cc(CNc3ccc(F)c([N+](=O)[O-])c3)c2cc1Cl. The van der Waals surface area contributed by atoms with Gasteiger partial charge in [-0.2, -0.15) is 4.39 Å². The molecule has 0 aliphatic carbocycles. The van der Waals surface area contributed by atoms with E-state index in [-0.39, 0.29) is 6.54 Å². The van der Waals surface area contributed by atoms with Crippen molar-refractivity contribution >= 4 is 33.9 Å². The van der Waals surface area contributed by atoms with Gasteiger partial charge in [0.25, 0.3) is 0 Å². The number of anilines is 1. The number of aryl methyl sites for hydroxylation is 1. The predicted octanol–water partition coefficient (Wildman–Crippen LogP) is 4.41. The average Bonchev–Trinajstić information content (AvgIpc) is 2.55. The van der Waals surface area contributed by atoms with Crippen molar-refractivity contribution in [3.05, 3.63) is 78.9 Å². The first kappa shape index (κ1) is 16.9. The highest BCUT2D eigenvalue weighted by Crippen LogP contribution is 2.26. The third-order valence-corrected chi connectivity index (χ3v) is 4.14.